The number of phenolic OH excluding ortho intramolecular Hbond substituents is 1. The van der Waals surface area contributed by atoms with Crippen LogP contribution in [-0.4, -0.2) is 159 Å². The molecular formula is C94H79Cl6F9N20O7. The van der Waals surface area contributed by atoms with E-state index in [0.717, 1.165) is 4.57 Å². The summed E-state index contributed by atoms with van der Waals surface area (Å²) in [6.07, 6.45) is 8.34. The number of fused-ring (bicyclic) bond motifs is 3. The zero-order chi connectivity index (χ0) is 99.6. The van der Waals surface area contributed by atoms with E-state index in [9.17, 15) is 71.6 Å². The summed E-state index contributed by atoms with van der Waals surface area (Å²) in [5.41, 5.74) is 8.38. The predicted octanol–water partition coefficient (Wildman–Crippen LogP) is 18.2. The van der Waals surface area contributed by atoms with Gasteiger partial charge in [-0.25, -0.2) is 54.5 Å². The average molecular weight is 1980 g/mol. The SMILES string of the molecule is C=CC(=O)N1CCN(c2c(C#N)c(=O)n(-c3c(C)ccnc3C(C)C)c3nc(-c4c(F)c(O)c(F)c(Cl)c4F)c(Cl)cc23)C[C@H]1C.C=CC(=O)N1CCN(c2c(C#N)c(=O)n(-c3c(C)ccnc3C(C)C)c3nc(-c4c(N)c(Cl)c(F)c(F)c4F)c(Cl)cc23)CC1.C=CC(=O)N1CCN(c2c(C#N)c(=O)n(-c3c(C)ccnc3C(C)C)c3nc(-c4c(N)c(Cl)c(F)c(F)c4F)c(Cl)cc23)CC1. The maximum absolute atomic E-state index is 15.4. The molecule has 0 unspecified atom stereocenters. The molecule has 0 radical (unpaired) electrons. The number of nitrogens with zero attached hydrogens (tertiary/aromatic N) is 18. The van der Waals surface area contributed by atoms with Crippen LogP contribution >= 0.6 is 69.6 Å². The number of benzene rings is 3. The van der Waals surface area contributed by atoms with E-state index in [1.807, 2.05) is 59.8 Å². The molecule has 42 heteroatoms. The number of carbonyl (C=O) groups is 3. The lowest BCUT2D eigenvalue weighted by atomic mass is 10.0. The minimum atomic E-state index is -1.88. The Hall–Kier alpha value is -13.8. The van der Waals surface area contributed by atoms with Crippen molar-refractivity contribution >= 4 is 149 Å². The molecule has 3 fully saturated rings. The molecular weight excluding hydrogens is 1900 g/mol. The molecule has 3 amide bonds. The molecule has 702 valence electrons. The van der Waals surface area contributed by atoms with Crippen LogP contribution in [0.5, 0.6) is 5.75 Å². The standard InChI is InChI=1S/C32H27Cl2F3N6O3.2C31H26Cl2F3N7O2/c1-6-20(44)42-10-9-41(13-16(42)5)29-17-11-19(33)27(21-23(35)22(34)25(37)30(45)24(21)36)40-31(17)43(32(46)18(29)12-38)28-15(4)7-8-39-26(28)14(2)3;2*1-5-19(44)41-8-10-42(11-9-41)29-16-12-18(32)27(20-22(34)24(36)23(35)21(33)25(20)38)40-30(16)43(31(45)17(29)13-37)28-15(4)6-7-39-26(28)14(2)3/h6-8,11,14,16,45H,1,9-10,13H2,2-5H3;2*5-7,12,14H,1,8-11,38H2,2-4H3/t16-;;/m1../s1. The maximum Gasteiger partial charge on any atom is 0.276 e. The first kappa shape index (κ1) is 99.7. The van der Waals surface area contributed by atoms with Crippen molar-refractivity contribution < 1.29 is 59.0 Å². The van der Waals surface area contributed by atoms with Gasteiger partial charge in [-0.2, -0.15) is 15.8 Å². The molecule has 0 aliphatic carbocycles. The van der Waals surface area contributed by atoms with E-state index in [1.54, 1.807) is 93.9 Å². The number of nitrogen functional groups attached to an aromatic ring is 2. The first-order chi connectivity index (χ1) is 64.4. The number of pyridine rings is 9. The van der Waals surface area contributed by atoms with Gasteiger partial charge < -0.3 is 46.0 Å². The normalized spacial score (nSPS) is 14.0. The number of aromatic hydroxyl groups is 1. The molecule has 9 aromatic heterocycles. The van der Waals surface area contributed by atoms with Gasteiger partial charge in [-0.1, -0.05) is 131 Å². The Morgan fingerprint density at radius 1 is 0.434 bits per heavy atom. The summed E-state index contributed by atoms with van der Waals surface area (Å²) in [6.45, 7) is 31.5. The summed E-state index contributed by atoms with van der Waals surface area (Å²) in [4.78, 5) is 117. The largest absolute Gasteiger partial charge is 0.503 e. The van der Waals surface area contributed by atoms with Gasteiger partial charge in [0.1, 0.15) is 66.9 Å². The number of carbonyl (C=O) groups excluding carboxylic acids is 3. The van der Waals surface area contributed by atoms with Gasteiger partial charge in [-0.3, -0.25) is 57.4 Å². The number of hydrogen-bond acceptors (Lipinski definition) is 21. The van der Waals surface area contributed by atoms with Crippen LogP contribution in [0.1, 0.15) is 117 Å². The molecule has 3 aromatic carbocycles. The highest BCUT2D eigenvalue weighted by Crippen LogP contribution is 2.49. The third-order valence-electron chi connectivity index (χ3n) is 23.5. The molecule has 12 aromatic rings. The number of nitriles is 3. The number of piperazine rings is 3. The number of aromatic nitrogens is 9. The number of amides is 3. The molecule has 27 nitrogen and oxygen atoms in total. The van der Waals surface area contributed by atoms with Gasteiger partial charge in [0.25, 0.3) is 16.7 Å². The minimum Gasteiger partial charge on any atom is -0.503 e. The van der Waals surface area contributed by atoms with E-state index in [-0.39, 0.29) is 195 Å². The van der Waals surface area contributed by atoms with E-state index >= 15 is 17.6 Å². The summed E-state index contributed by atoms with van der Waals surface area (Å²) >= 11 is 37.5. The highest BCUT2D eigenvalue weighted by molar-refractivity contribution is 6.37. The average Bonchev–Trinajstić information content (AvgIpc) is 0.728. The van der Waals surface area contributed by atoms with E-state index in [1.165, 1.54) is 45.6 Å². The molecule has 136 heavy (non-hydrogen) atoms. The third kappa shape index (κ3) is 17.4. The summed E-state index contributed by atoms with van der Waals surface area (Å²) in [7, 11) is 0. The van der Waals surface area contributed by atoms with Crippen LogP contribution in [0.2, 0.25) is 30.1 Å². The Balaban J connectivity index is 0.000000173. The molecule has 12 heterocycles. The summed E-state index contributed by atoms with van der Waals surface area (Å²) in [5, 5.41) is 38.1. The van der Waals surface area contributed by atoms with Gasteiger partial charge in [0.15, 0.2) is 58.1 Å². The first-order valence-corrected chi connectivity index (χ1v) is 43.9. The Morgan fingerprint density at radius 2 is 0.743 bits per heavy atom. The third-order valence-corrected chi connectivity index (χ3v) is 25.4. The van der Waals surface area contributed by atoms with Gasteiger partial charge in [0.05, 0.1) is 111 Å². The summed E-state index contributed by atoms with van der Waals surface area (Å²) in [5.74, 6) is -18.3. The maximum atomic E-state index is 15.4. The molecule has 0 saturated carbocycles. The van der Waals surface area contributed by atoms with E-state index in [0.29, 0.717) is 50.8 Å². The molecule has 5 N–H and O–H groups in total. The number of nitrogens with two attached hydrogens (primary N) is 2. The second-order valence-corrected chi connectivity index (χ2v) is 35.0. The highest BCUT2D eigenvalue weighted by atomic mass is 35.5. The van der Waals surface area contributed by atoms with Crippen molar-refractivity contribution in [2.24, 2.45) is 0 Å². The number of hydrogen-bond donors (Lipinski definition) is 3. The predicted molar refractivity (Wildman–Crippen MR) is 504 cm³/mol. The zero-order valence-corrected chi connectivity index (χ0v) is 78.4. The fourth-order valence-corrected chi connectivity index (χ4v) is 18.1. The summed E-state index contributed by atoms with van der Waals surface area (Å²) in [6, 6.07) is 14.8. The molecule has 3 saturated heterocycles. The van der Waals surface area contributed by atoms with E-state index in [2.05, 4.69) is 49.6 Å². The van der Waals surface area contributed by atoms with Crippen molar-refractivity contribution in [3.63, 3.8) is 0 Å². The first-order valence-electron chi connectivity index (χ1n) is 41.7. The van der Waals surface area contributed by atoms with Crippen LogP contribution in [0.15, 0.2) is 107 Å². The van der Waals surface area contributed by atoms with Crippen LogP contribution in [0, 0.1) is 107 Å². The molecule has 0 bridgehead atoms. The van der Waals surface area contributed by atoms with Gasteiger partial charge in [0, 0.05) is 113 Å². The van der Waals surface area contributed by atoms with Crippen molar-refractivity contribution in [1.82, 2.24) is 58.3 Å². The second-order valence-electron chi connectivity index (χ2n) is 32.7. The Bertz CT molecular complexity index is 7090. The van der Waals surface area contributed by atoms with Crippen LogP contribution in [0.25, 0.3) is 83.9 Å². The van der Waals surface area contributed by atoms with Gasteiger partial charge in [0.2, 0.25) is 17.7 Å². The second kappa shape index (κ2) is 39.6. The number of phenols is 1. The number of anilines is 5. The fraction of sp³-hybridized carbons (Fsp3) is 0.266. The van der Waals surface area contributed by atoms with E-state index in [4.69, 9.17) is 81.1 Å². The Morgan fingerprint density at radius 3 is 1.04 bits per heavy atom. The smallest absolute Gasteiger partial charge is 0.276 e. The Kier molecular flexibility index (Phi) is 29.0. The van der Waals surface area contributed by atoms with Crippen LogP contribution in [-0.2, 0) is 14.4 Å². The molecule has 0 spiro atoms. The molecule has 3 aliphatic heterocycles. The van der Waals surface area contributed by atoms with Crippen LogP contribution in [0.3, 0.4) is 0 Å². The van der Waals surface area contributed by atoms with Gasteiger partial charge in [-0.05, 0) is 117 Å². The van der Waals surface area contributed by atoms with Crippen molar-refractivity contribution in [3.05, 3.63) is 257 Å². The van der Waals surface area contributed by atoms with Crippen molar-refractivity contribution in [2.45, 2.75) is 93.0 Å². The zero-order valence-electron chi connectivity index (χ0n) is 73.9. The Labute approximate surface area is 799 Å². The lowest BCUT2D eigenvalue weighted by molar-refractivity contribution is -0.128. The molecule has 15 rings (SSSR count). The molecule has 1 atom stereocenters. The number of halogens is 15. The number of aryl methyl sites for hydroxylation is 3. The lowest BCUT2D eigenvalue weighted by Crippen LogP contribution is -2.54. The van der Waals surface area contributed by atoms with Gasteiger partial charge in [-0.15, -0.1) is 0 Å². The fourth-order valence-electron chi connectivity index (χ4n) is 16.8. The number of rotatable bonds is 15. The molecule has 3 aliphatic rings. The topological polar surface area (TPSA) is 358 Å². The monoisotopic (exact) mass is 1980 g/mol. The van der Waals surface area contributed by atoms with Crippen LogP contribution in [0.4, 0.5) is 68.0 Å². The quantitative estimate of drug-likeness (QED) is 0.0282. The minimum absolute atomic E-state index is 0.0735. The van der Waals surface area contributed by atoms with Crippen molar-refractivity contribution in [1.29, 1.82) is 15.8 Å². The van der Waals surface area contributed by atoms with E-state index < -0.39 is 135 Å². The van der Waals surface area contributed by atoms with Crippen molar-refractivity contribution in [2.75, 3.05) is 98.2 Å². The highest BCUT2D eigenvalue weighted by Gasteiger charge is 2.39. The van der Waals surface area contributed by atoms with Crippen LogP contribution < -0.4 is 42.8 Å². The summed E-state index contributed by atoms with van der Waals surface area (Å²) < 4.78 is 137. The van der Waals surface area contributed by atoms with Gasteiger partial charge >= 0.3 is 0 Å². The lowest BCUT2D eigenvalue weighted by Gasteiger charge is -2.41. The van der Waals surface area contributed by atoms with Crippen molar-refractivity contribution in [3.8, 4) is 74.8 Å².